The highest BCUT2D eigenvalue weighted by molar-refractivity contribution is 14.0. The quantitative estimate of drug-likeness (QED) is 0.239. The van der Waals surface area contributed by atoms with Crippen molar-refractivity contribution in [2.45, 2.75) is 39.8 Å². The Morgan fingerprint density at radius 1 is 1.29 bits per heavy atom. The van der Waals surface area contributed by atoms with Gasteiger partial charge in [0.15, 0.2) is 5.96 Å². The largest absolute Gasteiger partial charge is 0.488 e. The molecule has 1 fully saturated rings. The average Bonchev–Trinajstić information content (AvgIpc) is 2.89. The third-order valence-corrected chi connectivity index (χ3v) is 3.87. The minimum absolute atomic E-state index is 0. The van der Waals surface area contributed by atoms with Crippen molar-refractivity contribution in [1.29, 1.82) is 0 Å². The molecule has 1 heterocycles. The number of urea groups is 1. The number of guanidine groups is 1. The zero-order valence-electron chi connectivity index (χ0n) is 17.1. The molecular weight excluding hydrogens is 473 g/mol. The highest BCUT2D eigenvalue weighted by Gasteiger charge is 2.27. The van der Waals surface area contributed by atoms with Gasteiger partial charge in [0, 0.05) is 32.2 Å². The molecule has 1 aliphatic heterocycles. The van der Waals surface area contributed by atoms with Crippen LogP contribution in [0.1, 0.15) is 31.9 Å². The van der Waals surface area contributed by atoms with Crippen LogP contribution in [0.4, 0.5) is 4.79 Å². The van der Waals surface area contributed by atoms with E-state index in [1.54, 1.807) is 7.05 Å². The van der Waals surface area contributed by atoms with Crippen molar-refractivity contribution in [2.24, 2.45) is 4.99 Å². The van der Waals surface area contributed by atoms with Crippen molar-refractivity contribution < 1.29 is 14.3 Å². The summed E-state index contributed by atoms with van der Waals surface area (Å²) in [6, 6.07) is 5.74. The topological polar surface area (TPSA) is 95.1 Å². The Kier molecular flexibility index (Phi) is 8.99. The lowest BCUT2D eigenvalue weighted by Gasteiger charge is -2.24. The molecule has 28 heavy (non-hydrogen) atoms. The number of imide groups is 1. The first-order valence-electron chi connectivity index (χ1n) is 9.01. The van der Waals surface area contributed by atoms with E-state index < -0.39 is 0 Å². The zero-order chi connectivity index (χ0) is 20.0. The van der Waals surface area contributed by atoms with Crippen LogP contribution in [0.5, 0.6) is 5.75 Å². The van der Waals surface area contributed by atoms with Crippen molar-refractivity contribution in [3.63, 3.8) is 0 Å². The maximum absolute atomic E-state index is 11.6. The van der Waals surface area contributed by atoms with Crippen LogP contribution in [-0.2, 0) is 11.3 Å². The molecular formula is C19H30IN5O3. The van der Waals surface area contributed by atoms with Crippen molar-refractivity contribution >= 4 is 41.9 Å². The van der Waals surface area contributed by atoms with Gasteiger partial charge in [-0.3, -0.25) is 14.7 Å². The summed E-state index contributed by atoms with van der Waals surface area (Å²) in [4.78, 5) is 28.5. The molecule has 0 saturated carbocycles. The third-order valence-electron chi connectivity index (χ3n) is 3.87. The van der Waals surface area contributed by atoms with E-state index in [9.17, 15) is 9.59 Å². The predicted molar refractivity (Wildman–Crippen MR) is 120 cm³/mol. The lowest BCUT2D eigenvalue weighted by molar-refractivity contribution is -0.124. The summed E-state index contributed by atoms with van der Waals surface area (Å²) < 4.78 is 6.06. The van der Waals surface area contributed by atoms with Crippen molar-refractivity contribution in [1.82, 2.24) is 20.9 Å². The predicted octanol–water partition coefficient (Wildman–Crippen LogP) is 2.01. The van der Waals surface area contributed by atoms with E-state index in [-0.39, 0.29) is 54.6 Å². The molecule has 0 unspecified atom stereocenters. The molecule has 1 aromatic carbocycles. The second kappa shape index (κ2) is 10.5. The average molecular weight is 503 g/mol. The first-order valence-corrected chi connectivity index (χ1v) is 9.01. The molecule has 156 valence electrons. The number of rotatable bonds is 6. The fraction of sp³-hybridized carbons (Fsp3) is 0.526. The highest BCUT2D eigenvalue weighted by Crippen LogP contribution is 2.24. The van der Waals surface area contributed by atoms with Gasteiger partial charge in [0.05, 0.1) is 6.54 Å². The molecule has 2 rings (SSSR count). The molecule has 0 spiro atoms. The standard InChI is InChI=1S/C19H29N5O3.HI/c1-13-6-7-14(15(10-13)27-19(2,3)4)11-22-17(20-5)21-8-9-24-16(25)12-23-18(24)26;/h6-7,10H,8-9,11-12H2,1-5H3,(H,23,26)(H2,20,21,22);1H. The summed E-state index contributed by atoms with van der Waals surface area (Å²) >= 11 is 0. The molecule has 3 amide bonds. The third kappa shape index (κ3) is 7.17. The van der Waals surface area contributed by atoms with Gasteiger partial charge in [-0.25, -0.2) is 4.79 Å². The molecule has 0 aliphatic carbocycles. The Hall–Kier alpha value is -2.04. The fourth-order valence-corrected chi connectivity index (χ4v) is 2.60. The Bertz CT molecular complexity index is 715. The van der Waals surface area contributed by atoms with E-state index in [2.05, 4.69) is 20.9 Å². The Labute approximate surface area is 183 Å². The van der Waals surface area contributed by atoms with Crippen LogP contribution in [0.15, 0.2) is 23.2 Å². The highest BCUT2D eigenvalue weighted by atomic mass is 127. The van der Waals surface area contributed by atoms with Crippen LogP contribution in [0.25, 0.3) is 0 Å². The Balaban J connectivity index is 0.00000392. The van der Waals surface area contributed by atoms with Crippen LogP contribution in [0.3, 0.4) is 0 Å². The van der Waals surface area contributed by atoms with Crippen molar-refractivity contribution in [3.8, 4) is 5.75 Å². The number of benzene rings is 1. The van der Waals surface area contributed by atoms with Crippen LogP contribution < -0.4 is 20.7 Å². The van der Waals surface area contributed by atoms with Gasteiger partial charge in [0.25, 0.3) is 0 Å². The number of hydrogen-bond acceptors (Lipinski definition) is 4. The molecule has 9 heteroatoms. The lowest BCUT2D eigenvalue weighted by Crippen LogP contribution is -2.43. The second-order valence-corrected chi connectivity index (χ2v) is 7.38. The second-order valence-electron chi connectivity index (χ2n) is 7.38. The molecule has 1 aromatic rings. The van der Waals surface area contributed by atoms with Crippen LogP contribution in [0.2, 0.25) is 0 Å². The van der Waals surface area contributed by atoms with Gasteiger partial charge >= 0.3 is 6.03 Å². The number of aryl methyl sites for hydroxylation is 1. The fourth-order valence-electron chi connectivity index (χ4n) is 2.60. The van der Waals surface area contributed by atoms with Gasteiger partial charge in [-0.1, -0.05) is 12.1 Å². The number of carbonyl (C=O) groups excluding carboxylic acids is 2. The van der Waals surface area contributed by atoms with E-state index in [4.69, 9.17) is 4.74 Å². The summed E-state index contributed by atoms with van der Waals surface area (Å²) in [5.74, 6) is 1.21. The number of aliphatic imine (C=N–C) groups is 1. The lowest BCUT2D eigenvalue weighted by atomic mass is 10.1. The number of halogens is 1. The van der Waals surface area contributed by atoms with E-state index in [1.165, 1.54) is 4.90 Å². The van der Waals surface area contributed by atoms with Gasteiger partial charge < -0.3 is 20.7 Å². The maximum Gasteiger partial charge on any atom is 0.324 e. The molecule has 8 nitrogen and oxygen atoms in total. The first-order chi connectivity index (χ1) is 12.7. The van der Waals surface area contributed by atoms with E-state index in [0.717, 1.165) is 16.9 Å². The van der Waals surface area contributed by atoms with Crippen LogP contribution >= 0.6 is 24.0 Å². The monoisotopic (exact) mass is 503 g/mol. The smallest absolute Gasteiger partial charge is 0.324 e. The molecule has 3 N–H and O–H groups in total. The van der Waals surface area contributed by atoms with Gasteiger partial charge in [0.2, 0.25) is 5.91 Å². The minimum Gasteiger partial charge on any atom is -0.488 e. The van der Waals surface area contributed by atoms with Crippen molar-refractivity contribution in [3.05, 3.63) is 29.3 Å². The molecule has 1 saturated heterocycles. The van der Waals surface area contributed by atoms with E-state index in [1.807, 2.05) is 45.9 Å². The maximum atomic E-state index is 11.6. The summed E-state index contributed by atoms with van der Waals surface area (Å²) in [5, 5.41) is 8.84. The number of hydrogen-bond donors (Lipinski definition) is 3. The number of nitrogens with one attached hydrogen (secondary N) is 3. The van der Waals surface area contributed by atoms with E-state index >= 15 is 0 Å². The van der Waals surface area contributed by atoms with Gasteiger partial charge in [-0.15, -0.1) is 24.0 Å². The number of ether oxygens (including phenoxy) is 1. The Morgan fingerprint density at radius 3 is 2.57 bits per heavy atom. The molecule has 0 bridgehead atoms. The summed E-state index contributed by atoms with van der Waals surface area (Å²) in [6.45, 7) is 9.38. The SMILES string of the molecule is CN=C(NCCN1C(=O)CNC1=O)NCc1ccc(C)cc1OC(C)(C)C.I. The Morgan fingerprint density at radius 2 is 2.00 bits per heavy atom. The number of amides is 3. The minimum atomic E-state index is -0.353. The van der Waals surface area contributed by atoms with Gasteiger partial charge in [0.1, 0.15) is 11.4 Å². The molecule has 0 atom stereocenters. The summed E-state index contributed by atoms with van der Waals surface area (Å²) in [5.41, 5.74) is 1.87. The normalized spacial score (nSPS) is 14.5. The number of nitrogens with zero attached hydrogens (tertiary/aromatic N) is 2. The van der Waals surface area contributed by atoms with Gasteiger partial charge in [-0.2, -0.15) is 0 Å². The summed E-state index contributed by atoms with van der Waals surface area (Å²) in [6.07, 6.45) is 0. The summed E-state index contributed by atoms with van der Waals surface area (Å²) in [7, 11) is 1.67. The van der Waals surface area contributed by atoms with E-state index in [0.29, 0.717) is 19.0 Å². The van der Waals surface area contributed by atoms with Crippen LogP contribution in [0, 0.1) is 6.92 Å². The first kappa shape index (κ1) is 24.0. The van der Waals surface area contributed by atoms with Crippen molar-refractivity contribution in [2.75, 3.05) is 26.7 Å². The molecule has 0 radical (unpaired) electrons. The van der Waals surface area contributed by atoms with Crippen LogP contribution in [-0.4, -0.2) is 55.1 Å². The molecule has 1 aliphatic rings. The number of carbonyl (C=O) groups is 2. The van der Waals surface area contributed by atoms with Gasteiger partial charge in [-0.05, 0) is 39.3 Å². The zero-order valence-corrected chi connectivity index (χ0v) is 19.4. The molecule has 0 aromatic heterocycles.